The van der Waals surface area contributed by atoms with E-state index in [0.29, 0.717) is 29.4 Å². The van der Waals surface area contributed by atoms with E-state index in [2.05, 4.69) is 25.4 Å². The van der Waals surface area contributed by atoms with E-state index in [0.717, 1.165) is 24.0 Å². The zero-order valence-corrected chi connectivity index (χ0v) is 16.6. The summed E-state index contributed by atoms with van der Waals surface area (Å²) in [5.74, 6) is 1.08. The smallest absolute Gasteiger partial charge is 0.324 e. The molecule has 29 heavy (non-hydrogen) atoms. The van der Waals surface area contributed by atoms with Crippen molar-refractivity contribution in [1.29, 1.82) is 0 Å². The zero-order valence-electron chi connectivity index (χ0n) is 16.6. The van der Waals surface area contributed by atoms with Gasteiger partial charge >= 0.3 is 5.69 Å². The molecule has 1 aromatic carbocycles. The van der Waals surface area contributed by atoms with Gasteiger partial charge in [-0.05, 0) is 18.6 Å². The van der Waals surface area contributed by atoms with Gasteiger partial charge in [-0.15, -0.1) is 10.2 Å². The Bertz CT molecular complexity index is 1280. The lowest BCUT2D eigenvalue weighted by atomic mass is 10.1. The summed E-state index contributed by atoms with van der Waals surface area (Å²) >= 11 is 0. The number of fused-ring (bicyclic) bond motifs is 1. The van der Waals surface area contributed by atoms with Crippen LogP contribution in [0.2, 0.25) is 0 Å². The van der Waals surface area contributed by atoms with Crippen molar-refractivity contribution in [2.24, 2.45) is 7.05 Å². The summed E-state index contributed by atoms with van der Waals surface area (Å²) in [4.78, 5) is 33.0. The quantitative estimate of drug-likeness (QED) is 0.526. The number of H-pyrrole nitrogens is 1. The third-order valence-electron chi connectivity index (χ3n) is 4.89. The zero-order chi connectivity index (χ0) is 20.5. The second kappa shape index (κ2) is 7.46. The van der Waals surface area contributed by atoms with Crippen molar-refractivity contribution in [2.75, 3.05) is 0 Å². The Morgan fingerprint density at radius 1 is 1.14 bits per heavy atom. The van der Waals surface area contributed by atoms with Gasteiger partial charge in [0.1, 0.15) is 12.4 Å². The van der Waals surface area contributed by atoms with Gasteiger partial charge in [0.05, 0.1) is 0 Å². The molecule has 10 heteroatoms. The molecule has 0 fully saturated rings. The molecular formula is C19H22N8O2. The lowest BCUT2D eigenvalue weighted by Gasteiger charge is -2.04. The number of unbranched alkanes of at least 4 members (excludes halogenated alkanes) is 1. The van der Waals surface area contributed by atoms with Gasteiger partial charge in [-0.3, -0.25) is 14.3 Å². The van der Waals surface area contributed by atoms with Crippen LogP contribution >= 0.6 is 0 Å². The number of aryl methyl sites for hydroxylation is 3. The standard InChI is InChI=1S/C19H22N8O2/c1-4-5-10-26-17-15(18(28)21-19(26)29)25(3)14(20-17)11-27-23-16(22-24-27)13-8-6-12(2)7-9-13/h6-9H,4-5,10-11H2,1-3H3,(H,21,28,29). The van der Waals surface area contributed by atoms with E-state index in [1.54, 1.807) is 11.6 Å². The SMILES string of the molecule is CCCCn1c(=O)[nH]c(=O)c2c1nc(Cn1nnc(-c3ccc(C)cc3)n1)n2C. The summed E-state index contributed by atoms with van der Waals surface area (Å²) in [5.41, 5.74) is 1.86. The maximum atomic E-state index is 12.3. The molecule has 0 amide bonds. The van der Waals surface area contributed by atoms with Crippen LogP contribution in [0.4, 0.5) is 0 Å². The molecule has 1 N–H and O–H groups in total. The monoisotopic (exact) mass is 394 g/mol. The molecule has 0 spiro atoms. The predicted octanol–water partition coefficient (Wildman–Crippen LogP) is 1.23. The third kappa shape index (κ3) is 3.48. The number of hydrogen-bond acceptors (Lipinski definition) is 6. The molecule has 0 aliphatic carbocycles. The summed E-state index contributed by atoms with van der Waals surface area (Å²) in [6.07, 6.45) is 1.74. The maximum absolute atomic E-state index is 12.3. The van der Waals surface area contributed by atoms with Crippen molar-refractivity contribution < 1.29 is 0 Å². The van der Waals surface area contributed by atoms with Crippen molar-refractivity contribution in [3.05, 3.63) is 56.5 Å². The van der Waals surface area contributed by atoms with Gasteiger partial charge in [-0.1, -0.05) is 43.2 Å². The first-order chi connectivity index (χ1) is 14.0. The molecule has 4 aromatic rings. The van der Waals surface area contributed by atoms with Crippen molar-refractivity contribution >= 4 is 11.2 Å². The highest BCUT2D eigenvalue weighted by Gasteiger charge is 2.17. The largest absolute Gasteiger partial charge is 0.330 e. The Morgan fingerprint density at radius 2 is 1.90 bits per heavy atom. The van der Waals surface area contributed by atoms with E-state index in [1.165, 1.54) is 9.36 Å². The molecule has 0 unspecified atom stereocenters. The van der Waals surface area contributed by atoms with E-state index in [9.17, 15) is 9.59 Å². The number of imidazole rings is 1. The van der Waals surface area contributed by atoms with Crippen molar-refractivity contribution in [3.63, 3.8) is 0 Å². The van der Waals surface area contributed by atoms with E-state index in [1.807, 2.05) is 38.1 Å². The van der Waals surface area contributed by atoms with Gasteiger partial charge in [0.25, 0.3) is 5.56 Å². The molecule has 150 valence electrons. The van der Waals surface area contributed by atoms with Crippen LogP contribution in [0.15, 0.2) is 33.9 Å². The number of rotatable bonds is 6. The fourth-order valence-corrected chi connectivity index (χ4v) is 3.21. The number of nitrogens with zero attached hydrogens (tertiary/aromatic N) is 7. The van der Waals surface area contributed by atoms with Crippen LogP contribution in [-0.4, -0.2) is 39.3 Å². The summed E-state index contributed by atoms with van der Waals surface area (Å²) < 4.78 is 3.18. The molecule has 3 aromatic heterocycles. The number of aromatic nitrogens is 8. The minimum Gasteiger partial charge on any atom is -0.324 e. The molecular weight excluding hydrogens is 372 g/mol. The average Bonchev–Trinajstić information content (AvgIpc) is 3.28. The van der Waals surface area contributed by atoms with Crippen LogP contribution in [0.1, 0.15) is 31.2 Å². The van der Waals surface area contributed by atoms with Crippen LogP contribution in [-0.2, 0) is 20.1 Å². The van der Waals surface area contributed by atoms with Crippen LogP contribution in [0, 0.1) is 6.92 Å². The molecule has 0 aliphatic rings. The van der Waals surface area contributed by atoms with Crippen LogP contribution in [0.25, 0.3) is 22.6 Å². The summed E-state index contributed by atoms with van der Waals surface area (Å²) in [5, 5.41) is 12.6. The maximum Gasteiger partial charge on any atom is 0.330 e. The molecule has 4 rings (SSSR count). The Hall–Kier alpha value is -3.56. The van der Waals surface area contributed by atoms with Crippen molar-refractivity contribution in [3.8, 4) is 11.4 Å². The summed E-state index contributed by atoms with van der Waals surface area (Å²) in [6.45, 7) is 4.78. The number of benzene rings is 1. The van der Waals surface area contributed by atoms with Crippen LogP contribution < -0.4 is 11.2 Å². The number of tetrazole rings is 1. The fraction of sp³-hybridized carbons (Fsp3) is 0.368. The van der Waals surface area contributed by atoms with Gasteiger partial charge in [-0.2, -0.15) is 4.80 Å². The Morgan fingerprint density at radius 3 is 2.62 bits per heavy atom. The first kappa shape index (κ1) is 18.8. The summed E-state index contributed by atoms with van der Waals surface area (Å²) in [6, 6.07) is 7.86. The Kier molecular flexibility index (Phi) is 4.83. The van der Waals surface area contributed by atoms with Gasteiger partial charge in [0.2, 0.25) is 5.82 Å². The first-order valence-corrected chi connectivity index (χ1v) is 9.51. The first-order valence-electron chi connectivity index (χ1n) is 9.51. The molecule has 0 atom stereocenters. The predicted molar refractivity (Wildman–Crippen MR) is 108 cm³/mol. The molecule has 10 nitrogen and oxygen atoms in total. The lowest BCUT2D eigenvalue weighted by molar-refractivity contribution is 0.544. The minimum absolute atomic E-state index is 0.228. The van der Waals surface area contributed by atoms with Crippen LogP contribution in [0.5, 0.6) is 0 Å². The van der Waals surface area contributed by atoms with Gasteiger partial charge in [0.15, 0.2) is 11.2 Å². The molecule has 0 radical (unpaired) electrons. The highest BCUT2D eigenvalue weighted by atomic mass is 16.2. The normalized spacial score (nSPS) is 11.4. The second-order valence-corrected chi connectivity index (χ2v) is 7.03. The van der Waals surface area contributed by atoms with Crippen molar-refractivity contribution in [1.82, 2.24) is 39.3 Å². The molecule has 0 saturated heterocycles. The van der Waals surface area contributed by atoms with Gasteiger partial charge in [0, 0.05) is 19.2 Å². The minimum atomic E-state index is -0.453. The number of aromatic amines is 1. The van der Waals surface area contributed by atoms with Crippen LogP contribution in [0.3, 0.4) is 0 Å². The van der Waals surface area contributed by atoms with E-state index in [4.69, 9.17) is 0 Å². The highest BCUT2D eigenvalue weighted by molar-refractivity contribution is 5.70. The Labute approximate surface area is 165 Å². The third-order valence-corrected chi connectivity index (χ3v) is 4.89. The summed E-state index contributed by atoms with van der Waals surface area (Å²) in [7, 11) is 1.74. The molecule has 3 heterocycles. The van der Waals surface area contributed by atoms with Gasteiger partial charge in [-0.25, -0.2) is 9.78 Å². The van der Waals surface area contributed by atoms with Crippen molar-refractivity contribution in [2.45, 2.75) is 39.8 Å². The Balaban J connectivity index is 1.71. The van der Waals surface area contributed by atoms with Gasteiger partial charge < -0.3 is 4.57 Å². The van der Waals surface area contributed by atoms with E-state index >= 15 is 0 Å². The second-order valence-electron chi connectivity index (χ2n) is 7.03. The fourth-order valence-electron chi connectivity index (χ4n) is 3.21. The lowest BCUT2D eigenvalue weighted by Crippen LogP contribution is -2.31. The average molecular weight is 394 g/mol. The topological polar surface area (TPSA) is 116 Å². The number of hydrogen-bond donors (Lipinski definition) is 1. The molecule has 0 bridgehead atoms. The number of nitrogens with one attached hydrogen (secondary N) is 1. The molecule has 0 saturated carbocycles. The van der Waals surface area contributed by atoms with E-state index < -0.39 is 11.2 Å². The van der Waals surface area contributed by atoms with E-state index in [-0.39, 0.29) is 6.54 Å². The molecule has 0 aliphatic heterocycles. The highest BCUT2D eigenvalue weighted by Crippen LogP contribution is 2.15.